The van der Waals surface area contributed by atoms with Gasteiger partial charge in [0, 0.05) is 12.8 Å². The number of rotatable bonds is 11. The zero-order valence-electron chi connectivity index (χ0n) is 25.7. The maximum atomic E-state index is 6.59. The average Bonchev–Trinajstić information content (AvgIpc) is 3.05. The fourth-order valence-corrected chi connectivity index (χ4v) is 5.99. The summed E-state index contributed by atoms with van der Waals surface area (Å²) in [5.41, 5.74) is 2.24. The van der Waals surface area contributed by atoms with Gasteiger partial charge in [0.25, 0.3) is 0 Å². The Kier molecular flexibility index (Phi) is 10.1. The predicted octanol–water partition coefficient (Wildman–Crippen LogP) is 7.44. The second kappa shape index (κ2) is 14.5. The topological polar surface area (TPSA) is 64.6 Å². The van der Waals surface area contributed by atoms with Gasteiger partial charge in [-0.2, -0.15) is 0 Å². The lowest BCUT2D eigenvalue weighted by Gasteiger charge is -2.42. The Balaban J connectivity index is 1.08. The molecule has 2 aliphatic rings. The molecule has 7 nitrogen and oxygen atoms in total. The molecule has 44 heavy (non-hydrogen) atoms. The van der Waals surface area contributed by atoms with Crippen molar-refractivity contribution in [1.82, 2.24) is 0 Å². The molecule has 0 N–H and O–H groups in total. The molecule has 0 radical (unpaired) electrons. The molecule has 0 aliphatic carbocycles. The van der Waals surface area contributed by atoms with E-state index in [-0.39, 0.29) is 36.8 Å². The van der Waals surface area contributed by atoms with Crippen molar-refractivity contribution in [3.8, 4) is 11.5 Å². The highest BCUT2D eigenvalue weighted by Gasteiger charge is 2.41. The van der Waals surface area contributed by atoms with Gasteiger partial charge in [-0.15, -0.1) is 0 Å². The van der Waals surface area contributed by atoms with Crippen molar-refractivity contribution in [2.75, 3.05) is 7.11 Å². The van der Waals surface area contributed by atoms with E-state index in [0.717, 1.165) is 29.0 Å². The maximum absolute atomic E-state index is 6.59. The molecule has 2 heterocycles. The van der Waals surface area contributed by atoms with Crippen LogP contribution < -0.4 is 9.47 Å². The van der Waals surface area contributed by atoms with Gasteiger partial charge in [-0.25, -0.2) is 0 Å². The summed E-state index contributed by atoms with van der Waals surface area (Å²) in [4.78, 5) is 0. The molecule has 0 aromatic heterocycles. The fraction of sp³-hybridized carbons (Fsp3) is 0.405. The van der Waals surface area contributed by atoms with Gasteiger partial charge in [-0.3, -0.25) is 0 Å². The quantitative estimate of drug-likeness (QED) is 0.178. The number of fused-ring (bicyclic) bond motifs is 1. The molecule has 6 rings (SSSR count). The molecule has 7 heteroatoms. The van der Waals surface area contributed by atoms with Crippen molar-refractivity contribution in [1.29, 1.82) is 0 Å². The summed E-state index contributed by atoms with van der Waals surface area (Å²) < 4.78 is 43.5. The lowest BCUT2D eigenvalue weighted by Crippen LogP contribution is -2.52. The van der Waals surface area contributed by atoms with Gasteiger partial charge in [0.05, 0.1) is 44.7 Å². The van der Waals surface area contributed by atoms with Gasteiger partial charge in [0.2, 0.25) is 0 Å². The first-order valence-electron chi connectivity index (χ1n) is 15.6. The van der Waals surface area contributed by atoms with E-state index in [0.29, 0.717) is 26.1 Å². The van der Waals surface area contributed by atoms with Gasteiger partial charge < -0.3 is 33.2 Å². The predicted molar refractivity (Wildman–Crippen MR) is 169 cm³/mol. The third-order valence-electron chi connectivity index (χ3n) is 8.41. The van der Waals surface area contributed by atoms with Crippen LogP contribution in [0.3, 0.4) is 0 Å². The smallest absolute Gasteiger partial charge is 0.200 e. The van der Waals surface area contributed by atoms with Gasteiger partial charge in [0.15, 0.2) is 12.6 Å². The molecule has 4 aromatic carbocycles. The van der Waals surface area contributed by atoms with Crippen LogP contribution in [0.25, 0.3) is 10.8 Å². The molecule has 2 aliphatic heterocycles. The largest absolute Gasteiger partial charge is 0.497 e. The zero-order chi connectivity index (χ0) is 30.3. The first-order valence-corrected chi connectivity index (χ1v) is 15.6. The third kappa shape index (κ3) is 7.78. The SMILES string of the molecule is COc1ccc(O[C@H]2CC[C@H](O[C@H]3C[C@@H](OCc4ccc5ccccc5c4)[C@H](OCc4ccccc4)[C@@H](C)O3)[C@H](C)O2)cc1. The Bertz CT molecular complexity index is 1460. The Morgan fingerprint density at radius 1 is 0.636 bits per heavy atom. The van der Waals surface area contributed by atoms with Crippen molar-refractivity contribution in [3.05, 3.63) is 108 Å². The lowest BCUT2D eigenvalue weighted by atomic mass is 10.0. The minimum Gasteiger partial charge on any atom is -0.497 e. The molecule has 2 saturated heterocycles. The van der Waals surface area contributed by atoms with Crippen molar-refractivity contribution in [2.24, 2.45) is 0 Å². The van der Waals surface area contributed by atoms with Crippen LogP contribution in [0.5, 0.6) is 11.5 Å². The summed E-state index contributed by atoms with van der Waals surface area (Å²) in [6, 6.07) is 32.6. The van der Waals surface area contributed by atoms with Crippen LogP contribution in [0.2, 0.25) is 0 Å². The van der Waals surface area contributed by atoms with Crippen LogP contribution in [0, 0.1) is 0 Å². The van der Waals surface area contributed by atoms with Gasteiger partial charge in [0.1, 0.15) is 17.6 Å². The second-order valence-electron chi connectivity index (χ2n) is 11.6. The summed E-state index contributed by atoms with van der Waals surface area (Å²) in [5.74, 6) is 1.54. The Morgan fingerprint density at radius 3 is 2.11 bits per heavy atom. The third-order valence-corrected chi connectivity index (χ3v) is 8.41. The molecule has 0 bridgehead atoms. The van der Waals surface area contributed by atoms with E-state index in [9.17, 15) is 0 Å². The van der Waals surface area contributed by atoms with Crippen LogP contribution in [0.4, 0.5) is 0 Å². The standard InChI is InChI=1S/C37H42O7/c1-25-33(19-20-35(41-25)43-32-17-15-31(38-3)16-18-32)44-36-22-34(37(26(2)42-36)40-23-27-9-5-4-6-10-27)39-24-28-13-14-29-11-7-8-12-30(29)21-28/h4-18,21,25-26,33-37H,19-20,22-24H2,1-3H3/t25-,26+,33-,34+,35-,36-,37+/m0/s1. The highest BCUT2D eigenvalue weighted by Crippen LogP contribution is 2.32. The highest BCUT2D eigenvalue weighted by molar-refractivity contribution is 5.82. The van der Waals surface area contributed by atoms with E-state index in [1.165, 1.54) is 10.8 Å². The molecule has 232 valence electrons. The minimum atomic E-state index is -0.432. The van der Waals surface area contributed by atoms with E-state index in [2.05, 4.69) is 54.6 Å². The Morgan fingerprint density at radius 2 is 1.34 bits per heavy atom. The van der Waals surface area contributed by atoms with Gasteiger partial charge >= 0.3 is 0 Å². The van der Waals surface area contributed by atoms with Crippen LogP contribution in [0.15, 0.2) is 97.1 Å². The molecule has 0 saturated carbocycles. The van der Waals surface area contributed by atoms with E-state index in [1.54, 1.807) is 7.11 Å². The molecule has 7 atom stereocenters. The van der Waals surface area contributed by atoms with Crippen LogP contribution >= 0.6 is 0 Å². The first kappa shape index (κ1) is 30.6. The molecular formula is C37H42O7. The number of ether oxygens (including phenoxy) is 7. The molecular weight excluding hydrogens is 556 g/mol. The molecule has 0 spiro atoms. The summed E-state index contributed by atoms with van der Waals surface area (Å²) in [6.07, 6.45) is 0.373. The number of hydrogen-bond donors (Lipinski definition) is 0. The molecule has 2 fully saturated rings. The van der Waals surface area contributed by atoms with Crippen LogP contribution in [0.1, 0.15) is 44.2 Å². The Labute approximate surface area is 259 Å². The summed E-state index contributed by atoms with van der Waals surface area (Å²) >= 11 is 0. The van der Waals surface area contributed by atoms with Crippen molar-refractivity contribution >= 4 is 10.8 Å². The monoisotopic (exact) mass is 598 g/mol. The van der Waals surface area contributed by atoms with Gasteiger partial charge in [-0.05, 0) is 72.5 Å². The van der Waals surface area contributed by atoms with E-state index in [1.807, 2.05) is 56.3 Å². The average molecular weight is 599 g/mol. The van der Waals surface area contributed by atoms with Crippen molar-refractivity contribution in [3.63, 3.8) is 0 Å². The van der Waals surface area contributed by atoms with Gasteiger partial charge in [-0.1, -0.05) is 66.7 Å². The maximum Gasteiger partial charge on any atom is 0.200 e. The summed E-state index contributed by atoms with van der Waals surface area (Å²) in [6.45, 7) is 5.04. The normalized spacial score (nSPS) is 27.2. The number of hydrogen-bond acceptors (Lipinski definition) is 7. The van der Waals surface area contributed by atoms with E-state index < -0.39 is 6.29 Å². The molecule has 0 amide bonds. The lowest BCUT2D eigenvalue weighted by molar-refractivity contribution is -0.297. The number of benzene rings is 4. The Hall–Kier alpha value is -3.46. The molecule has 0 unspecified atom stereocenters. The second-order valence-corrected chi connectivity index (χ2v) is 11.6. The highest BCUT2D eigenvalue weighted by atomic mass is 16.7. The summed E-state index contributed by atoms with van der Waals surface area (Å²) in [7, 11) is 1.65. The van der Waals surface area contributed by atoms with Crippen LogP contribution in [-0.4, -0.2) is 50.2 Å². The van der Waals surface area contributed by atoms with Crippen molar-refractivity contribution < 1.29 is 33.2 Å². The fourth-order valence-electron chi connectivity index (χ4n) is 5.99. The first-order chi connectivity index (χ1) is 21.5. The zero-order valence-corrected chi connectivity index (χ0v) is 25.7. The summed E-state index contributed by atoms with van der Waals surface area (Å²) in [5, 5.41) is 2.42. The molecule has 4 aromatic rings. The van der Waals surface area contributed by atoms with E-state index >= 15 is 0 Å². The number of methoxy groups -OCH3 is 1. The van der Waals surface area contributed by atoms with E-state index in [4.69, 9.17) is 33.2 Å². The van der Waals surface area contributed by atoms with Crippen LogP contribution in [-0.2, 0) is 36.9 Å². The minimum absolute atomic E-state index is 0.120. The van der Waals surface area contributed by atoms with Crippen molar-refractivity contribution in [2.45, 2.75) is 89.4 Å².